The summed E-state index contributed by atoms with van der Waals surface area (Å²) in [6.45, 7) is 11.6. The summed E-state index contributed by atoms with van der Waals surface area (Å²) in [7, 11) is 0. The van der Waals surface area contributed by atoms with Gasteiger partial charge in [0.15, 0.2) is 0 Å². The second kappa shape index (κ2) is 8.35. The van der Waals surface area contributed by atoms with Crippen molar-refractivity contribution in [2.45, 2.75) is 33.1 Å². The number of non-ortho nitro benzene ring substituents is 1. The Bertz CT molecular complexity index is 436. The van der Waals surface area contributed by atoms with Crippen LogP contribution in [0.4, 0.5) is 5.69 Å². The van der Waals surface area contributed by atoms with E-state index in [-0.39, 0.29) is 11.1 Å². The van der Waals surface area contributed by atoms with Crippen LogP contribution < -0.4 is 0 Å². The summed E-state index contributed by atoms with van der Waals surface area (Å²) in [5.41, 5.74) is 1.03. The molecule has 1 atom stereocenters. The van der Waals surface area contributed by atoms with Crippen LogP contribution in [0.5, 0.6) is 0 Å². The van der Waals surface area contributed by atoms with Crippen LogP contribution >= 0.6 is 11.6 Å². The van der Waals surface area contributed by atoms with E-state index >= 15 is 0 Å². The maximum atomic E-state index is 10.7. The number of halogens is 1. The molecule has 0 saturated heterocycles. The highest BCUT2D eigenvalue weighted by molar-refractivity contribution is 6.21. The van der Waals surface area contributed by atoms with Gasteiger partial charge in [-0.25, -0.2) is 0 Å². The number of hydrogen-bond acceptors (Lipinski definition) is 3. The van der Waals surface area contributed by atoms with Crippen LogP contribution in [0.3, 0.4) is 0 Å². The first-order chi connectivity index (χ1) is 9.79. The van der Waals surface area contributed by atoms with E-state index in [1.807, 2.05) is 0 Å². The molecule has 0 aliphatic carbocycles. The predicted octanol–water partition coefficient (Wildman–Crippen LogP) is 4.49. The molecule has 0 spiro atoms. The van der Waals surface area contributed by atoms with Crippen LogP contribution in [0.15, 0.2) is 24.3 Å². The third-order valence-corrected chi connectivity index (χ3v) is 3.52. The van der Waals surface area contributed by atoms with Gasteiger partial charge in [-0.15, -0.1) is 11.6 Å². The number of alkyl halides is 1. The van der Waals surface area contributed by atoms with Gasteiger partial charge in [-0.2, -0.15) is 0 Å². The summed E-state index contributed by atoms with van der Waals surface area (Å²) in [6, 6.07) is 6.53. The summed E-state index contributed by atoms with van der Waals surface area (Å²) in [5, 5.41) is 10.5. The first kappa shape index (κ1) is 17.9. The predicted molar refractivity (Wildman–Crippen MR) is 87.8 cm³/mol. The van der Waals surface area contributed by atoms with Crippen molar-refractivity contribution in [1.82, 2.24) is 4.90 Å². The van der Waals surface area contributed by atoms with E-state index in [0.717, 1.165) is 25.2 Å². The van der Waals surface area contributed by atoms with E-state index in [1.54, 1.807) is 12.1 Å². The Balaban J connectivity index is 2.71. The Morgan fingerprint density at radius 2 is 1.52 bits per heavy atom. The van der Waals surface area contributed by atoms with Crippen molar-refractivity contribution in [1.29, 1.82) is 0 Å². The van der Waals surface area contributed by atoms with Gasteiger partial charge in [0.1, 0.15) is 0 Å². The van der Waals surface area contributed by atoms with Crippen molar-refractivity contribution in [3.05, 3.63) is 39.9 Å². The number of rotatable bonds is 8. The molecule has 1 rings (SSSR count). The van der Waals surface area contributed by atoms with Crippen molar-refractivity contribution in [3.8, 4) is 0 Å². The van der Waals surface area contributed by atoms with Crippen molar-refractivity contribution in [2.24, 2.45) is 11.8 Å². The van der Waals surface area contributed by atoms with Crippen LogP contribution in [0.1, 0.15) is 38.6 Å². The van der Waals surface area contributed by atoms with E-state index in [4.69, 9.17) is 11.6 Å². The highest BCUT2D eigenvalue weighted by Crippen LogP contribution is 2.24. The largest absolute Gasteiger partial charge is 0.301 e. The Hall–Kier alpha value is -1.13. The number of nitro groups is 1. The third kappa shape index (κ3) is 6.44. The number of nitrogens with zero attached hydrogens (tertiary/aromatic N) is 2. The summed E-state index contributed by atoms with van der Waals surface area (Å²) in [5.74, 6) is 1.17. The lowest BCUT2D eigenvalue weighted by atomic mass is 10.1. The van der Waals surface area contributed by atoms with Gasteiger partial charge in [-0.05, 0) is 17.4 Å². The SMILES string of the molecule is CC(C)CN(CC(C)C)CC(Cl)c1ccc([N+](=O)[O-])cc1. The zero-order valence-corrected chi connectivity index (χ0v) is 14.0. The van der Waals surface area contributed by atoms with E-state index in [1.165, 1.54) is 12.1 Å². The lowest BCUT2D eigenvalue weighted by molar-refractivity contribution is -0.384. The smallest absolute Gasteiger partial charge is 0.269 e. The van der Waals surface area contributed by atoms with Crippen LogP contribution in [-0.4, -0.2) is 29.5 Å². The first-order valence-electron chi connectivity index (χ1n) is 7.40. The minimum absolute atomic E-state index is 0.101. The Morgan fingerprint density at radius 3 is 1.90 bits per heavy atom. The zero-order chi connectivity index (χ0) is 16.0. The quantitative estimate of drug-likeness (QED) is 0.403. The van der Waals surface area contributed by atoms with Gasteiger partial charge >= 0.3 is 0 Å². The van der Waals surface area contributed by atoms with Gasteiger partial charge < -0.3 is 4.90 Å². The average molecular weight is 313 g/mol. The fourth-order valence-electron chi connectivity index (χ4n) is 2.39. The Kier molecular flexibility index (Phi) is 7.12. The molecular formula is C16H25ClN2O2. The van der Waals surface area contributed by atoms with Crippen molar-refractivity contribution in [3.63, 3.8) is 0 Å². The van der Waals surface area contributed by atoms with E-state index < -0.39 is 4.92 Å². The summed E-state index contributed by atoms with van der Waals surface area (Å²) in [6.07, 6.45) is 0. The normalized spacial score (nSPS) is 13.1. The fourth-order valence-corrected chi connectivity index (χ4v) is 2.73. The molecule has 0 aromatic heterocycles. The van der Waals surface area contributed by atoms with Gasteiger partial charge in [0.2, 0.25) is 0 Å². The molecule has 0 aliphatic heterocycles. The molecular weight excluding hydrogens is 288 g/mol. The second-order valence-corrected chi connectivity index (χ2v) is 6.85. The highest BCUT2D eigenvalue weighted by Gasteiger charge is 2.17. The Morgan fingerprint density at radius 1 is 1.05 bits per heavy atom. The van der Waals surface area contributed by atoms with Crippen LogP contribution in [0.2, 0.25) is 0 Å². The topological polar surface area (TPSA) is 46.4 Å². The van der Waals surface area contributed by atoms with Crippen LogP contribution in [0.25, 0.3) is 0 Å². The molecule has 1 aromatic carbocycles. The minimum atomic E-state index is -0.392. The molecule has 0 radical (unpaired) electrons. The summed E-state index contributed by atoms with van der Waals surface area (Å²) >= 11 is 6.49. The molecule has 21 heavy (non-hydrogen) atoms. The van der Waals surface area contributed by atoms with Gasteiger partial charge in [-0.1, -0.05) is 39.8 Å². The average Bonchev–Trinajstić information content (AvgIpc) is 2.37. The third-order valence-electron chi connectivity index (χ3n) is 3.13. The lowest BCUT2D eigenvalue weighted by Gasteiger charge is -2.28. The molecule has 5 heteroatoms. The lowest BCUT2D eigenvalue weighted by Crippen LogP contribution is -2.34. The van der Waals surface area contributed by atoms with E-state index in [9.17, 15) is 10.1 Å². The van der Waals surface area contributed by atoms with E-state index in [2.05, 4.69) is 32.6 Å². The molecule has 0 saturated carbocycles. The maximum absolute atomic E-state index is 10.7. The van der Waals surface area contributed by atoms with Gasteiger partial charge in [0, 0.05) is 31.8 Å². The number of hydrogen-bond donors (Lipinski definition) is 0. The minimum Gasteiger partial charge on any atom is -0.301 e. The summed E-state index contributed by atoms with van der Waals surface area (Å²) < 4.78 is 0. The molecule has 4 nitrogen and oxygen atoms in total. The Labute approximate surface area is 132 Å². The van der Waals surface area contributed by atoms with Crippen LogP contribution in [-0.2, 0) is 0 Å². The fraction of sp³-hybridized carbons (Fsp3) is 0.625. The van der Waals surface area contributed by atoms with Crippen molar-refractivity contribution >= 4 is 17.3 Å². The maximum Gasteiger partial charge on any atom is 0.269 e. The van der Waals surface area contributed by atoms with Crippen molar-refractivity contribution in [2.75, 3.05) is 19.6 Å². The molecule has 118 valence electrons. The number of benzene rings is 1. The number of nitro benzene ring substituents is 1. The van der Waals surface area contributed by atoms with Gasteiger partial charge in [0.05, 0.1) is 10.3 Å². The molecule has 0 aliphatic rings. The zero-order valence-electron chi connectivity index (χ0n) is 13.3. The van der Waals surface area contributed by atoms with Gasteiger partial charge in [0.25, 0.3) is 5.69 Å². The van der Waals surface area contributed by atoms with Crippen LogP contribution in [0, 0.1) is 22.0 Å². The highest BCUT2D eigenvalue weighted by atomic mass is 35.5. The van der Waals surface area contributed by atoms with Gasteiger partial charge in [-0.3, -0.25) is 10.1 Å². The molecule has 0 bridgehead atoms. The first-order valence-corrected chi connectivity index (χ1v) is 7.84. The molecule has 0 heterocycles. The molecule has 1 unspecified atom stereocenters. The monoisotopic (exact) mass is 312 g/mol. The molecule has 1 aromatic rings. The summed E-state index contributed by atoms with van der Waals surface area (Å²) in [4.78, 5) is 12.6. The van der Waals surface area contributed by atoms with E-state index in [0.29, 0.717) is 11.8 Å². The molecule has 0 N–H and O–H groups in total. The second-order valence-electron chi connectivity index (χ2n) is 6.32. The molecule has 0 fully saturated rings. The standard InChI is InChI=1S/C16H25ClN2O2/c1-12(2)9-18(10-13(3)4)11-16(17)14-5-7-15(8-6-14)19(20)21/h5-8,12-13,16H,9-11H2,1-4H3. The van der Waals surface area contributed by atoms with Crippen molar-refractivity contribution < 1.29 is 4.92 Å². The molecule has 0 amide bonds.